The highest BCUT2D eigenvalue weighted by Gasteiger charge is 2.10. The Hall–Kier alpha value is -0.160. The van der Waals surface area contributed by atoms with Gasteiger partial charge in [-0.25, -0.2) is 0 Å². The number of rotatable bonds is 0. The summed E-state index contributed by atoms with van der Waals surface area (Å²) in [6, 6.07) is 0. The zero-order valence-corrected chi connectivity index (χ0v) is 6.74. The van der Waals surface area contributed by atoms with E-state index in [0.717, 1.165) is 36.0 Å². The van der Waals surface area contributed by atoms with Crippen LogP contribution >= 0.6 is 0 Å². The lowest BCUT2D eigenvalue weighted by Gasteiger charge is -2.22. The summed E-state index contributed by atoms with van der Waals surface area (Å²) >= 11 is 0. The Balaban J connectivity index is 2.29. The summed E-state index contributed by atoms with van der Waals surface area (Å²) < 4.78 is 0. The van der Waals surface area contributed by atoms with Crippen LogP contribution in [0.3, 0.4) is 0 Å². The predicted octanol–water partition coefficient (Wildman–Crippen LogP) is 1.25. The average Bonchev–Trinajstić information content (AvgIpc) is 2.07. The lowest BCUT2D eigenvalue weighted by atomic mass is 10.1. The summed E-state index contributed by atoms with van der Waals surface area (Å²) in [5, 5.41) is 20.0. The van der Waals surface area contributed by atoms with Crippen molar-refractivity contribution in [1.82, 2.24) is 10.3 Å². The standard InChI is InChI=1S/C7H16N2O2/c10-8-6-4-2-1-3-5-7-9(8)11/h10-11H,1-7H2. The predicted molar refractivity (Wildman–Crippen MR) is 40.1 cm³/mol. The van der Waals surface area contributed by atoms with Crippen molar-refractivity contribution < 1.29 is 10.4 Å². The van der Waals surface area contributed by atoms with Crippen LogP contribution in [0, 0.1) is 0 Å². The molecule has 1 heterocycles. The number of hydrogen-bond donors (Lipinski definition) is 2. The van der Waals surface area contributed by atoms with Crippen LogP contribution < -0.4 is 0 Å². The first-order valence-corrected chi connectivity index (χ1v) is 4.23. The van der Waals surface area contributed by atoms with E-state index in [1.165, 1.54) is 6.42 Å². The summed E-state index contributed by atoms with van der Waals surface area (Å²) in [5.41, 5.74) is 0. The first-order chi connectivity index (χ1) is 5.30. The van der Waals surface area contributed by atoms with Crippen molar-refractivity contribution in [2.45, 2.75) is 32.1 Å². The Labute approximate surface area is 66.9 Å². The van der Waals surface area contributed by atoms with Gasteiger partial charge in [-0.05, 0) is 12.8 Å². The van der Waals surface area contributed by atoms with Gasteiger partial charge in [-0.15, -0.1) is 10.3 Å². The maximum Gasteiger partial charge on any atom is 0.0424 e. The van der Waals surface area contributed by atoms with Crippen molar-refractivity contribution in [3.8, 4) is 0 Å². The van der Waals surface area contributed by atoms with Gasteiger partial charge in [0.1, 0.15) is 0 Å². The fourth-order valence-electron chi connectivity index (χ4n) is 1.27. The van der Waals surface area contributed by atoms with Crippen LogP contribution in [-0.2, 0) is 0 Å². The molecule has 0 amide bonds. The third kappa shape index (κ3) is 3.16. The zero-order valence-electron chi connectivity index (χ0n) is 6.74. The van der Waals surface area contributed by atoms with Gasteiger partial charge in [0.2, 0.25) is 0 Å². The fraction of sp³-hybridized carbons (Fsp3) is 1.00. The van der Waals surface area contributed by atoms with E-state index in [9.17, 15) is 0 Å². The average molecular weight is 160 g/mol. The lowest BCUT2D eigenvalue weighted by Crippen LogP contribution is -2.38. The number of nitrogens with zero attached hydrogens (tertiary/aromatic N) is 2. The van der Waals surface area contributed by atoms with Crippen LogP contribution in [-0.4, -0.2) is 33.8 Å². The van der Waals surface area contributed by atoms with Crippen molar-refractivity contribution in [2.75, 3.05) is 13.1 Å². The Morgan fingerprint density at radius 1 is 0.636 bits per heavy atom. The van der Waals surface area contributed by atoms with Crippen LogP contribution in [0.4, 0.5) is 0 Å². The summed E-state index contributed by atoms with van der Waals surface area (Å²) in [6.45, 7) is 1.08. The second-order valence-corrected chi connectivity index (χ2v) is 2.96. The van der Waals surface area contributed by atoms with Gasteiger partial charge < -0.3 is 0 Å². The molecule has 0 saturated carbocycles. The van der Waals surface area contributed by atoms with E-state index in [2.05, 4.69) is 0 Å². The highest BCUT2D eigenvalue weighted by molar-refractivity contribution is 4.50. The molecule has 1 rings (SSSR count). The van der Waals surface area contributed by atoms with Crippen molar-refractivity contribution in [1.29, 1.82) is 0 Å². The SMILES string of the molecule is ON1CCCCCCCN1O. The second kappa shape index (κ2) is 4.66. The van der Waals surface area contributed by atoms with Gasteiger partial charge in [0, 0.05) is 13.1 Å². The summed E-state index contributed by atoms with van der Waals surface area (Å²) in [4.78, 5) is 0. The molecule has 0 unspecified atom stereocenters. The second-order valence-electron chi connectivity index (χ2n) is 2.96. The van der Waals surface area contributed by atoms with E-state index < -0.39 is 0 Å². The number of hydrogen-bond acceptors (Lipinski definition) is 4. The minimum Gasteiger partial charge on any atom is -0.297 e. The monoisotopic (exact) mass is 160 g/mol. The highest BCUT2D eigenvalue weighted by Crippen LogP contribution is 2.08. The number of hydroxylamine groups is 2. The fourth-order valence-corrected chi connectivity index (χ4v) is 1.27. The molecule has 0 atom stereocenters. The molecule has 2 N–H and O–H groups in total. The number of hydrazine groups is 1. The largest absolute Gasteiger partial charge is 0.297 e. The van der Waals surface area contributed by atoms with Crippen molar-refractivity contribution in [3.05, 3.63) is 0 Å². The Kier molecular flexibility index (Phi) is 3.79. The summed E-state index contributed by atoms with van der Waals surface area (Å²) in [5.74, 6) is 0. The van der Waals surface area contributed by atoms with Gasteiger partial charge in [0.15, 0.2) is 0 Å². The van der Waals surface area contributed by atoms with Crippen molar-refractivity contribution in [2.24, 2.45) is 0 Å². The Morgan fingerprint density at radius 2 is 1.00 bits per heavy atom. The molecule has 0 aromatic carbocycles. The zero-order chi connectivity index (χ0) is 8.10. The first kappa shape index (κ1) is 8.93. The van der Waals surface area contributed by atoms with Gasteiger partial charge in [-0.1, -0.05) is 19.3 Å². The molecule has 4 heteroatoms. The van der Waals surface area contributed by atoms with Crippen LogP contribution in [0.25, 0.3) is 0 Å². The van der Waals surface area contributed by atoms with E-state index in [0.29, 0.717) is 13.1 Å². The summed E-state index contributed by atoms with van der Waals surface area (Å²) in [6.07, 6.45) is 5.40. The summed E-state index contributed by atoms with van der Waals surface area (Å²) in [7, 11) is 0. The van der Waals surface area contributed by atoms with Gasteiger partial charge in [-0.3, -0.25) is 10.4 Å². The van der Waals surface area contributed by atoms with Crippen LogP contribution in [0.2, 0.25) is 0 Å². The van der Waals surface area contributed by atoms with Gasteiger partial charge in [0.05, 0.1) is 0 Å². The van der Waals surface area contributed by atoms with Gasteiger partial charge in [-0.2, -0.15) is 0 Å². The maximum absolute atomic E-state index is 9.12. The molecular weight excluding hydrogens is 144 g/mol. The van der Waals surface area contributed by atoms with Gasteiger partial charge in [0.25, 0.3) is 0 Å². The third-order valence-corrected chi connectivity index (χ3v) is 1.98. The molecule has 0 radical (unpaired) electrons. The smallest absolute Gasteiger partial charge is 0.0424 e. The quantitative estimate of drug-likeness (QED) is 0.560. The molecule has 0 aromatic heterocycles. The normalized spacial score (nSPS) is 25.6. The van der Waals surface area contributed by atoms with Gasteiger partial charge >= 0.3 is 0 Å². The molecule has 1 aliphatic rings. The molecular formula is C7H16N2O2. The molecule has 4 nitrogen and oxygen atoms in total. The third-order valence-electron chi connectivity index (χ3n) is 1.98. The Bertz CT molecular complexity index is 98.6. The van der Waals surface area contributed by atoms with E-state index >= 15 is 0 Å². The molecule has 1 aliphatic heterocycles. The molecule has 0 aliphatic carbocycles. The molecule has 1 fully saturated rings. The van der Waals surface area contributed by atoms with E-state index in [4.69, 9.17) is 10.4 Å². The minimum atomic E-state index is 0.538. The highest BCUT2D eigenvalue weighted by atomic mass is 16.7. The molecule has 66 valence electrons. The van der Waals surface area contributed by atoms with E-state index in [-0.39, 0.29) is 0 Å². The Morgan fingerprint density at radius 3 is 1.45 bits per heavy atom. The molecule has 11 heavy (non-hydrogen) atoms. The topological polar surface area (TPSA) is 46.9 Å². The van der Waals surface area contributed by atoms with E-state index in [1.54, 1.807) is 0 Å². The molecule has 1 saturated heterocycles. The van der Waals surface area contributed by atoms with Crippen molar-refractivity contribution >= 4 is 0 Å². The molecule has 0 aromatic rings. The maximum atomic E-state index is 9.12. The first-order valence-electron chi connectivity index (χ1n) is 4.23. The van der Waals surface area contributed by atoms with Crippen LogP contribution in [0.15, 0.2) is 0 Å². The van der Waals surface area contributed by atoms with Crippen LogP contribution in [0.1, 0.15) is 32.1 Å². The van der Waals surface area contributed by atoms with Crippen molar-refractivity contribution in [3.63, 3.8) is 0 Å². The lowest BCUT2D eigenvalue weighted by molar-refractivity contribution is -0.367. The molecule has 0 bridgehead atoms. The van der Waals surface area contributed by atoms with E-state index in [1.807, 2.05) is 0 Å². The minimum absolute atomic E-state index is 0.538. The molecule has 0 spiro atoms. The van der Waals surface area contributed by atoms with Crippen LogP contribution in [0.5, 0.6) is 0 Å².